The molecule has 0 aliphatic rings. The number of rotatable bonds is 9. The summed E-state index contributed by atoms with van der Waals surface area (Å²) < 4.78 is 2.42. The van der Waals surface area contributed by atoms with E-state index < -0.39 is 17.8 Å². The Morgan fingerprint density at radius 1 is 1.24 bits per heavy atom. The molecule has 0 radical (unpaired) electrons. The zero-order valence-corrected chi connectivity index (χ0v) is 20.2. The number of nitrogens with two attached hydrogens (primary N) is 1. The van der Waals surface area contributed by atoms with Crippen LogP contribution in [0, 0.1) is 5.92 Å². The molecule has 3 aromatic rings. The van der Waals surface area contributed by atoms with E-state index in [1.54, 1.807) is 0 Å². The largest absolute Gasteiger partial charge is 0.382 e. The molecular formula is C23H30N6O3S. The van der Waals surface area contributed by atoms with Crippen molar-refractivity contribution in [2.75, 3.05) is 18.5 Å². The molecule has 0 fully saturated rings. The first-order valence-electron chi connectivity index (χ1n) is 11.0. The van der Waals surface area contributed by atoms with Crippen LogP contribution in [0.1, 0.15) is 39.2 Å². The molecule has 3 rings (SSSR count). The monoisotopic (exact) mass is 470 g/mol. The lowest BCUT2D eigenvalue weighted by Crippen LogP contribution is -2.44. The molecule has 1 unspecified atom stereocenters. The van der Waals surface area contributed by atoms with E-state index in [2.05, 4.69) is 9.97 Å². The number of hydrogen-bond donors (Lipinski definition) is 1. The van der Waals surface area contributed by atoms with Gasteiger partial charge in [0.1, 0.15) is 11.8 Å². The highest BCUT2D eigenvalue weighted by Crippen LogP contribution is 2.24. The van der Waals surface area contributed by atoms with E-state index in [0.717, 1.165) is 28.6 Å². The van der Waals surface area contributed by atoms with Gasteiger partial charge in [-0.3, -0.25) is 4.57 Å². The van der Waals surface area contributed by atoms with Gasteiger partial charge in [-0.15, -0.1) is 0 Å². The van der Waals surface area contributed by atoms with Crippen LogP contribution in [0.5, 0.6) is 0 Å². The van der Waals surface area contributed by atoms with E-state index in [1.807, 2.05) is 51.1 Å². The Bertz CT molecular complexity index is 1190. The SMILES string of the molecule is CCCSc1nc(N)c2c(n1)n(Cc1ccccc1)c(=O)n2C(=O)N(C)C(C=O)CC(C)C. The number of imidazole rings is 1. The summed E-state index contributed by atoms with van der Waals surface area (Å²) in [7, 11) is 1.51. The number of nitrogen functional groups attached to an aromatic ring is 1. The third kappa shape index (κ3) is 5.27. The lowest BCUT2D eigenvalue weighted by Gasteiger charge is -2.25. The molecule has 0 aliphatic carbocycles. The van der Waals surface area contributed by atoms with Crippen LogP contribution in [0.25, 0.3) is 11.2 Å². The molecule has 1 atom stereocenters. The predicted molar refractivity (Wildman–Crippen MR) is 131 cm³/mol. The van der Waals surface area contributed by atoms with Crippen molar-refractivity contribution in [3.63, 3.8) is 0 Å². The fraction of sp³-hybridized carbons (Fsp3) is 0.435. The van der Waals surface area contributed by atoms with Gasteiger partial charge in [-0.25, -0.2) is 24.1 Å². The minimum absolute atomic E-state index is 0.0516. The summed E-state index contributed by atoms with van der Waals surface area (Å²) in [5.74, 6) is 1.04. The highest BCUT2D eigenvalue weighted by atomic mass is 32.2. The van der Waals surface area contributed by atoms with Crippen molar-refractivity contribution in [1.29, 1.82) is 0 Å². The molecule has 33 heavy (non-hydrogen) atoms. The molecule has 10 heteroatoms. The second-order valence-electron chi connectivity index (χ2n) is 8.33. The van der Waals surface area contributed by atoms with Crippen LogP contribution in [-0.4, -0.2) is 55.2 Å². The molecule has 9 nitrogen and oxygen atoms in total. The smallest absolute Gasteiger partial charge is 0.339 e. The van der Waals surface area contributed by atoms with Gasteiger partial charge in [0.15, 0.2) is 16.6 Å². The van der Waals surface area contributed by atoms with Crippen LogP contribution in [-0.2, 0) is 11.3 Å². The number of benzene rings is 1. The molecule has 2 heterocycles. The molecule has 0 spiro atoms. The van der Waals surface area contributed by atoms with E-state index in [1.165, 1.54) is 28.3 Å². The van der Waals surface area contributed by atoms with Crippen molar-refractivity contribution in [3.8, 4) is 0 Å². The Hall–Kier alpha value is -3.14. The number of nitrogens with zero attached hydrogens (tertiary/aromatic N) is 5. The van der Waals surface area contributed by atoms with Gasteiger partial charge in [-0.05, 0) is 24.3 Å². The van der Waals surface area contributed by atoms with E-state index in [-0.39, 0.29) is 23.8 Å². The average molecular weight is 471 g/mol. The first-order chi connectivity index (χ1) is 15.8. The Morgan fingerprint density at radius 3 is 2.55 bits per heavy atom. The second kappa shape index (κ2) is 10.7. The zero-order chi connectivity index (χ0) is 24.1. The Morgan fingerprint density at radius 2 is 1.94 bits per heavy atom. The van der Waals surface area contributed by atoms with E-state index in [4.69, 9.17) is 5.73 Å². The van der Waals surface area contributed by atoms with Crippen molar-refractivity contribution in [2.45, 2.75) is 51.4 Å². The highest BCUT2D eigenvalue weighted by Gasteiger charge is 2.29. The van der Waals surface area contributed by atoms with Crippen molar-refractivity contribution in [2.24, 2.45) is 5.92 Å². The van der Waals surface area contributed by atoms with Gasteiger partial charge in [0.05, 0.1) is 12.6 Å². The summed E-state index contributed by atoms with van der Waals surface area (Å²) >= 11 is 1.44. The standard InChI is InChI=1S/C23H30N6O3S/c1-5-11-33-21-25-19(24)18-20(26-21)28(13-16-9-7-6-8-10-16)23(32)29(18)22(31)27(4)17(14-30)12-15(2)3/h6-10,14-15,17H,5,11-13H2,1-4H3,(H2,24,25,26). The number of carbonyl (C=O) groups excluding carboxylic acids is 2. The summed E-state index contributed by atoms with van der Waals surface area (Å²) in [5.41, 5.74) is 7.01. The van der Waals surface area contributed by atoms with Gasteiger partial charge in [0.2, 0.25) is 0 Å². The Balaban J connectivity index is 2.18. The van der Waals surface area contributed by atoms with Crippen LogP contribution >= 0.6 is 11.8 Å². The van der Waals surface area contributed by atoms with Gasteiger partial charge >= 0.3 is 11.7 Å². The molecule has 0 aliphatic heterocycles. The van der Waals surface area contributed by atoms with Crippen LogP contribution in [0.2, 0.25) is 0 Å². The third-order valence-corrected chi connectivity index (χ3v) is 6.31. The number of amides is 1. The quantitative estimate of drug-likeness (QED) is 0.290. The van der Waals surface area contributed by atoms with Gasteiger partial charge < -0.3 is 15.4 Å². The van der Waals surface area contributed by atoms with Crippen molar-refractivity contribution in [1.82, 2.24) is 24.0 Å². The first-order valence-corrected chi connectivity index (χ1v) is 11.9. The second-order valence-corrected chi connectivity index (χ2v) is 9.39. The number of anilines is 1. The van der Waals surface area contributed by atoms with Crippen molar-refractivity contribution >= 4 is 41.1 Å². The number of hydrogen-bond acceptors (Lipinski definition) is 7. The normalized spacial score (nSPS) is 12.3. The van der Waals surface area contributed by atoms with E-state index in [0.29, 0.717) is 17.2 Å². The lowest BCUT2D eigenvalue weighted by molar-refractivity contribution is -0.111. The molecule has 0 saturated heterocycles. The Labute approximate surface area is 197 Å². The molecule has 1 amide bonds. The summed E-state index contributed by atoms with van der Waals surface area (Å²) in [6.07, 6.45) is 2.13. The minimum atomic E-state index is -0.668. The summed E-state index contributed by atoms with van der Waals surface area (Å²) in [6.45, 7) is 6.20. The van der Waals surface area contributed by atoms with Crippen LogP contribution in [0.15, 0.2) is 40.3 Å². The van der Waals surface area contributed by atoms with Gasteiger partial charge in [0, 0.05) is 12.8 Å². The third-order valence-electron chi connectivity index (χ3n) is 5.25. The zero-order valence-electron chi connectivity index (χ0n) is 19.4. The molecule has 0 bridgehead atoms. The number of aldehydes is 1. The first kappa shape index (κ1) is 24.5. The summed E-state index contributed by atoms with van der Waals surface area (Å²) in [5, 5.41) is 0.451. The fourth-order valence-corrected chi connectivity index (χ4v) is 4.28. The molecule has 0 saturated carbocycles. The summed E-state index contributed by atoms with van der Waals surface area (Å²) in [6, 6.07) is 8.13. The number of thioether (sulfide) groups is 1. The molecule has 2 N–H and O–H groups in total. The van der Waals surface area contributed by atoms with Crippen LogP contribution in [0.3, 0.4) is 0 Å². The highest BCUT2D eigenvalue weighted by molar-refractivity contribution is 7.99. The number of likely N-dealkylation sites (N-methyl/N-ethyl adjacent to an activating group) is 1. The number of fused-ring (bicyclic) bond motifs is 1. The molecule has 2 aromatic heterocycles. The Kier molecular flexibility index (Phi) is 7.91. The maximum absolute atomic E-state index is 13.5. The average Bonchev–Trinajstić information content (AvgIpc) is 3.07. The predicted octanol–water partition coefficient (Wildman–Crippen LogP) is 3.24. The van der Waals surface area contributed by atoms with E-state index in [9.17, 15) is 14.4 Å². The van der Waals surface area contributed by atoms with Crippen molar-refractivity contribution in [3.05, 3.63) is 46.4 Å². The minimum Gasteiger partial charge on any atom is -0.382 e. The molecule has 1 aromatic carbocycles. The van der Waals surface area contributed by atoms with Crippen LogP contribution in [0.4, 0.5) is 10.6 Å². The number of carbonyl (C=O) groups is 2. The molecular weight excluding hydrogens is 440 g/mol. The van der Waals surface area contributed by atoms with Gasteiger partial charge in [-0.2, -0.15) is 0 Å². The van der Waals surface area contributed by atoms with Crippen LogP contribution < -0.4 is 11.4 Å². The number of aromatic nitrogens is 4. The maximum atomic E-state index is 13.5. The van der Waals surface area contributed by atoms with E-state index >= 15 is 0 Å². The molecule has 176 valence electrons. The summed E-state index contributed by atoms with van der Waals surface area (Å²) in [4.78, 5) is 48.8. The van der Waals surface area contributed by atoms with Crippen molar-refractivity contribution < 1.29 is 9.59 Å². The fourth-order valence-electron chi connectivity index (χ4n) is 3.58. The van der Waals surface area contributed by atoms with Gasteiger partial charge in [0.25, 0.3) is 0 Å². The topological polar surface area (TPSA) is 116 Å². The van der Waals surface area contributed by atoms with Gasteiger partial charge in [-0.1, -0.05) is 62.9 Å². The lowest BCUT2D eigenvalue weighted by atomic mass is 10.0. The maximum Gasteiger partial charge on any atom is 0.339 e.